The van der Waals surface area contributed by atoms with Crippen LogP contribution in [0.3, 0.4) is 0 Å². The quantitative estimate of drug-likeness (QED) is 0.810. The van der Waals surface area contributed by atoms with Crippen LogP contribution in [0, 0.1) is 0 Å². The van der Waals surface area contributed by atoms with E-state index in [0.29, 0.717) is 19.4 Å². The van der Waals surface area contributed by atoms with Crippen molar-refractivity contribution in [3.05, 3.63) is 42.0 Å². The largest absolute Gasteiger partial charge is 0.388 e. The van der Waals surface area contributed by atoms with Gasteiger partial charge in [0.1, 0.15) is 0 Å². The van der Waals surface area contributed by atoms with Gasteiger partial charge in [-0.15, -0.1) is 0 Å². The monoisotopic (exact) mass is 316 g/mol. The van der Waals surface area contributed by atoms with Crippen LogP contribution in [0.2, 0.25) is 0 Å². The number of carbonyl (C=O) groups is 2. The summed E-state index contributed by atoms with van der Waals surface area (Å²) in [7, 11) is 1.58. The molecule has 0 aliphatic carbocycles. The Morgan fingerprint density at radius 3 is 2.78 bits per heavy atom. The Kier molecular flexibility index (Phi) is 5.93. The van der Waals surface area contributed by atoms with Crippen LogP contribution < -0.4 is 5.32 Å². The Bertz CT molecular complexity index is 571. The van der Waals surface area contributed by atoms with Crippen molar-refractivity contribution in [1.29, 1.82) is 0 Å². The predicted octanol–water partition coefficient (Wildman–Crippen LogP) is 1.58. The Hall–Kier alpha value is -2.14. The lowest BCUT2D eigenvalue weighted by Gasteiger charge is -2.38. The van der Waals surface area contributed by atoms with Crippen LogP contribution in [0.4, 0.5) is 0 Å². The topological polar surface area (TPSA) is 69.6 Å². The zero-order valence-electron chi connectivity index (χ0n) is 13.5. The first kappa shape index (κ1) is 17.2. The lowest BCUT2D eigenvalue weighted by molar-refractivity contribution is -0.134. The number of amides is 2. The first-order valence-electron chi connectivity index (χ1n) is 7.97. The van der Waals surface area contributed by atoms with E-state index < -0.39 is 5.60 Å². The molecule has 23 heavy (non-hydrogen) atoms. The molecule has 5 nitrogen and oxygen atoms in total. The van der Waals surface area contributed by atoms with E-state index in [1.165, 1.54) is 0 Å². The minimum absolute atomic E-state index is 0.0918. The summed E-state index contributed by atoms with van der Waals surface area (Å²) >= 11 is 0. The van der Waals surface area contributed by atoms with Gasteiger partial charge in [0.15, 0.2) is 0 Å². The second-order valence-corrected chi connectivity index (χ2v) is 6.00. The molecule has 2 N–H and O–H groups in total. The maximum atomic E-state index is 12.3. The smallest absolute Gasteiger partial charge is 0.246 e. The third-order valence-corrected chi connectivity index (χ3v) is 4.18. The predicted molar refractivity (Wildman–Crippen MR) is 89.5 cm³/mol. The van der Waals surface area contributed by atoms with Crippen LogP contribution in [0.1, 0.15) is 31.2 Å². The molecule has 1 heterocycles. The highest BCUT2D eigenvalue weighted by atomic mass is 16.3. The lowest BCUT2D eigenvalue weighted by atomic mass is 9.88. The maximum Gasteiger partial charge on any atom is 0.246 e. The van der Waals surface area contributed by atoms with Crippen LogP contribution in [0.15, 0.2) is 36.4 Å². The molecule has 2 amide bonds. The molecule has 1 aliphatic rings. The molecule has 1 aromatic carbocycles. The van der Waals surface area contributed by atoms with Gasteiger partial charge in [-0.1, -0.05) is 30.3 Å². The average Bonchev–Trinajstić information content (AvgIpc) is 2.58. The third kappa shape index (κ3) is 5.21. The number of aliphatic hydroxyl groups is 1. The number of rotatable bonds is 5. The van der Waals surface area contributed by atoms with Crippen molar-refractivity contribution in [1.82, 2.24) is 10.2 Å². The van der Waals surface area contributed by atoms with E-state index in [9.17, 15) is 14.7 Å². The molecule has 2 rings (SSSR count). The second-order valence-electron chi connectivity index (χ2n) is 6.00. The number of nitrogens with one attached hydrogen (secondary N) is 1. The van der Waals surface area contributed by atoms with E-state index in [2.05, 4.69) is 5.32 Å². The average molecular weight is 316 g/mol. The lowest BCUT2D eigenvalue weighted by Crippen LogP contribution is -2.50. The summed E-state index contributed by atoms with van der Waals surface area (Å²) in [5.74, 6) is -0.197. The fourth-order valence-corrected chi connectivity index (χ4v) is 2.81. The molecule has 1 saturated heterocycles. The highest BCUT2D eigenvalue weighted by Gasteiger charge is 2.34. The van der Waals surface area contributed by atoms with E-state index in [1.54, 1.807) is 24.1 Å². The maximum absolute atomic E-state index is 12.3. The van der Waals surface area contributed by atoms with Gasteiger partial charge < -0.3 is 15.3 Å². The first-order chi connectivity index (χ1) is 11.0. The molecule has 124 valence electrons. The standard InChI is InChI=1S/C18H24N2O3/c1-19-16(21)10-12-18(23)11-5-13-20(14-18)17(22)9-8-15-6-3-2-4-7-15/h2-4,6-9,23H,5,10-14H2,1H3,(H,19,21)/b9-8+/t18-/m1/s1. The van der Waals surface area contributed by atoms with Crippen molar-refractivity contribution in [2.75, 3.05) is 20.1 Å². The van der Waals surface area contributed by atoms with Gasteiger partial charge in [0.2, 0.25) is 11.8 Å². The minimum atomic E-state index is -0.971. The van der Waals surface area contributed by atoms with Gasteiger partial charge in [-0.3, -0.25) is 9.59 Å². The Balaban J connectivity index is 1.93. The summed E-state index contributed by atoms with van der Waals surface area (Å²) in [6.45, 7) is 0.919. The minimum Gasteiger partial charge on any atom is -0.388 e. The number of β-amino-alcohol motifs (C(OH)–C–C–N with tert-alkyl or cyclic N) is 1. The molecule has 1 atom stereocenters. The highest BCUT2D eigenvalue weighted by Crippen LogP contribution is 2.26. The number of hydrogen-bond acceptors (Lipinski definition) is 3. The molecule has 0 spiro atoms. The molecule has 0 unspecified atom stereocenters. The molecule has 0 aromatic heterocycles. The third-order valence-electron chi connectivity index (χ3n) is 4.18. The molecular formula is C18H24N2O3. The zero-order chi connectivity index (χ0) is 16.7. The van der Waals surface area contributed by atoms with Crippen LogP contribution in [-0.4, -0.2) is 47.6 Å². The van der Waals surface area contributed by atoms with Crippen molar-refractivity contribution in [3.8, 4) is 0 Å². The summed E-state index contributed by atoms with van der Waals surface area (Å²) in [4.78, 5) is 25.3. The number of hydrogen-bond donors (Lipinski definition) is 2. The van der Waals surface area contributed by atoms with Gasteiger partial charge in [0, 0.05) is 32.6 Å². The van der Waals surface area contributed by atoms with Crippen molar-refractivity contribution in [2.24, 2.45) is 0 Å². The molecule has 1 aromatic rings. The number of nitrogens with zero attached hydrogens (tertiary/aromatic N) is 1. The van der Waals surface area contributed by atoms with E-state index in [0.717, 1.165) is 12.0 Å². The zero-order valence-corrected chi connectivity index (χ0v) is 13.5. The Morgan fingerprint density at radius 1 is 1.35 bits per heavy atom. The van der Waals surface area contributed by atoms with Crippen molar-refractivity contribution in [2.45, 2.75) is 31.3 Å². The van der Waals surface area contributed by atoms with Crippen molar-refractivity contribution >= 4 is 17.9 Å². The van der Waals surface area contributed by atoms with Gasteiger partial charge in [-0.25, -0.2) is 0 Å². The van der Waals surface area contributed by atoms with E-state index in [4.69, 9.17) is 0 Å². The fourth-order valence-electron chi connectivity index (χ4n) is 2.81. The normalized spacial score (nSPS) is 21.4. The van der Waals surface area contributed by atoms with Crippen LogP contribution >= 0.6 is 0 Å². The summed E-state index contributed by atoms with van der Waals surface area (Å²) in [6.07, 6.45) is 5.33. The molecule has 1 aliphatic heterocycles. The Morgan fingerprint density at radius 2 is 2.09 bits per heavy atom. The van der Waals surface area contributed by atoms with Gasteiger partial charge in [0.25, 0.3) is 0 Å². The van der Waals surface area contributed by atoms with Crippen molar-refractivity contribution < 1.29 is 14.7 Å². The van der Waals surface area contributed by atoms with Gasteiger partial charge in [0.05, 0.1) is 5.60 Å². The summed E-state index contributed by atoms with van der Waals surface area (Å²) < 4.78 is 0. The Labute approximate surface area is 137 Å². The fraction of sp³-hybridized carbons (Fsp3) is 0.444. The SMILES string of the molecule is CNC(=O)CC[C@]1(O)CCCN(C(=O)/C=C/c2ccccc2)C1. The highest BCUT2D eigenvalue weighted by molar-refractivity contribution is 5.91. The first-order valence-corrected chi connectivity index (χ1v) is 7.97. The molecule has 5 heteroatoms. The molecule has 0 saturated carbocycles. The van der Waals surface area contributed by atoms with E-state index in [1.807, 2.05) is 30.3 Å². The van der Waals surface area contributed by atoms with Gasteiger partial charge in [-0.2, -0.15) is 0 Å². The van der Waals surface area contributed by atoms with Gasteiger partial charge >= 0.3 is 0 Å². The number of likely N-dealkylation sites (tertiary alicyclic amines) is 1. The summed E-state index contributed by atoms with van der Waals surface area (Å²) in [5, 5.41) is 13.2. The van der Waals surface area contributed by atoms with E-state index >= 15 is 0 Å². The van der Waals surface area contributed by atoms with E-state index in [-0.39, 0.29) is 24.8 Å². The summed E-state index contributed by atoms with van der Waals surface area (Å²) in [6, 6.07) is 9.63. The second kappa shape index (κ2) is 7.92. The van der Waals surface area contributed by atoms with Crippen LogP contribution in [0.5, 0.6) is 0 Å². The molecule has 0 radical (unpaired) electrons. The number of piperidine rings is 1. The summed E-state index contributed by atoms with van der Waals surface area (Å²) in [5.41, 5.74) is -0.00573. The molecule has 1 fully saturated rings. The molecule has 0 bridgehead atoms. The van der Waals surface area contributed by atoms with Crippen LogP contribution in [0.25, 0.3) is 6.08 Å². The van der Waals surface area contributed by atoms with Crippen LogP contribution in [-0.2, 0) is 9.59 Å². The molecular weight excluding hydrogens is 292 g/mol. The van der Waals surface area contributed by atoms with Crippen molar-refractivity contribution in [3.63, 3.8) is 0 Å². The van der Waals surface area contributed by atoms with Gasteiger partial charge in [-0.05, 0) is 30.9 Å². The number of carbonyl (C=O) groups excluding carboxylic acids is 2. The number of benzene rings is 1.